The predicted octanol–water partition coefficient (Wildman–Crippen LogP) is 3.26. The van der Waals surface area contributed by atoms with Gasteiger partial charge in [0.15, 0.2) is 0 Å². The van der Waals surface area contributed by atoms with Crippen LogP contribution in [-0.2, 0) is 16.6 Å². The van der Waals surface area contributed by atoms with Crippen LogP contribution in [0.3, 0.4) is 0 Å². The quantitative estimate of drug-likeness (QED) is 0.942. The molecular weight excluding hydrogens is 289 g/mol. The van der Waals surface area contributed by atoms with E-state index >= 15 is 0 Å². The summed E-state index contributed by atoms with van der Waals surface area (Å²) in [4.78, 5) is 12.1. The molecule has 2 rings (SSSR count). The monoisotopic (exact) mass is 305 g/mol. The first-order chi connectivity index (χ1) is 9.97. The Balaban J connectivity index is 2.23. The first-order valence-electron chi connectivity index (χ1n) is 6.43. The second-order valence-corrected chi connectivity index (χ2v) is 6.21. The average molecular weight is 305 g/mol. The second kappa shape index (κ2) is 6.63. The van der Waals surface area contributed by atoms with E-state index in [1.807, 2.05) is 13.0 Å². The van der Waals surface area contributed by atoms with Crippen molar-refractivity contribution in [2.45, 2.75) is 12.7 Å². The minimum atomic E-state index is -0.949. The topological polar surface area (TPSA) is 46.2 Å². The number of hydrogen-bond donors (Lipinski definition) is 1. The zero-order chi connectivity index (χ0) is 15.4. The van der Waals surface area contributed by atoms with Gasteiger partial charge in [-0.25, -0.2) is 4.39 Å². The molecule has 1 N–H and O–H groups in total. The molecule has 0 fully saturated rings. The molecule has 1 atom stereocenters. The Kier molecular flexibility index (Phi) is 4.85. The van der Waals surface area contributed by atoms with E-state index in [0.29, 0.717) is 11.4 Å². The van der Waals surface area contributed by atoms with E-state index in [9.17, 15) is 13.4 Å². The molecule has 0 saturated heterocycles. The number of carbonyl (C=O) groups excluding carboxylic acids is 1. The van der Waals surface area contributed by atoms with Crippen molar-refractivity contribution in [2.75, 3.05) is 11.6 Å². The van der Waals surface area contributed by atoms with E-state index in [1.54, 1.807) is 24.5 Å². The van der Waals surface area contributed by atoms with Crippen molar-refractivity contribution in [2.24, 2.45) is 0 Å². The summed E-state index contributed by atoms with van der Waals surface area (Å²) in [6.45, 7) is 1.86. The van der Waals surface area contributed by atoms with Crippen LogP contribution in [0.5, 0.6) is 0 Å². The van der Waals surface area contributed by atoms with Gasteiger partial charge in [0.05, 0.1) is 0 Å². The van der Waals surface area contributed by atoms with Crippen LogP contribution < -0.4 is 5.32 Å². The summed E-state index contributed by atoms with van der Waals surface area (Å²) < 4.78 is 24.5. The minimum Gasteiger partial charge on any atom is -0.322 e. The van der Waals surface area contributed by atoms with Crippen molar-refractivity contribution in [1.29, 1.82) is 0 Å². The fraction of sp³-hybridized carbons (Fsp3) is 0.188. The Labute approximate surface area is 125 Å². The highest BCUT2D eigenvalue weighted by Crippen LogP contribution is 2.21. The molecular formula is C16H16FNO2S. The van der Waals surface area contributed by atoms with Crippen LogP contribution in [0.4, 0.5) is 10.1 Å². The van der Waals surface area contributed by atoms with Gasteiger partial charge in [0.1, 0.15) is 5.82 Å². The van der Waals surface area contributed by atoms with E-state index in [0.717, 1.165) is 11.1 Å². The van der Waals surface area contributed by atoms with Gasteiger partial charge in [-0.1, -0.05) is 18.2 Å². The Morgan fingerprint density at radius 2 is 1.95 bits per heavy atom. The maximum Gasteiger partial charge on any atom is 0.255 e. The van der Waals surface area contributed by atoms with Gasteiger partial charge in [-0.3, -0.25) is 9.00 Å². The van der Waals surface area contributed by atoms with Gasteiger partial charge >= 0.3 is 0 Å². The lowest BCUT2D eigenvalue weighted by Gasteiger charge is -2.12. The van der Waals surface area contributed by atoms with Gasteiger partial charge in [-0.2, -0.15) is 0 Å². The molecule has 2 aromatic rings. The largest absolute Gasteiger partial charge is 0.322 e. The zero-order valence-corrected chi connectivity index (χ0v) is 12.7. The fourth-order valence-electron chi connectivity index (χ4n) is 2.02. The van der Waals surface area contributed by atoms with Crippen molar-refractivity contribution in [3.8, 4) is 0 Å². The number of halogens is 1. The maximum absolute atomic E-state index is 13.1. The van der Waals surface area contributed by atoms with Gasteiger partial charge in [-0.05, 0) is 42.3 Å². The van der Waals surface area contributed by atoms with Crippen LogP contribution in [0.25, 0.3) is 0 Å². The zero-order valence-electron chi connectivity index (χ0n) is 11.9. The summed E-state index contributed by atoms with van der Waals surface area (Å²) in [5, 5.41) is 2.76. The van der Waals surface area contributed by atoms with Crippen molar-refractivity contribution < 1.29 is 13.4 Å². The van der Waals surface area contributed by atoms with Crippen LogP contribution in [0.15, 0.2) is 42.5 Å². The first-order valence-corrected chi connectivity index (χ1v) is 8.15. The average Bonchev–Trinajstić information content (AvgIpc) is 2.42. The molecule has 21 heavy (non-hydrogen) atoms. The molecule has 1 amide bonds. The standard InChI is InChI=1S/C16H16FNO2S/c1-11-13(10-21(2)20)6-4-8-15(11)18-16(19)12-5-3-7-14(17)9-12/h3-9H,10H2,1-2H3,(H,18,19). The molecule has 0 aliphatic heterocycles. The van der Waals surface area contributed by atoms with E-state index in [-0.39, 0.29) is 11.5 Å². The number of nitrogens with one attached hydrogen (secondary N) is 1. The molecule has 0 aliphatic rings. The molecule has 5 heteroatoms. The summed E-state index contributed by atoms with van der Waals surface area (Å²) in [6.07, 6.45) is 1.64. The molecule has 1 unspecified atom stereocenters. The van der Waals surface area contributed by atoms with Crippen LogP contribution in [0.1, 0.15) is 21.5 Å². The number of amides is 1. The third-order valence-electron chi connectivity index (χ3n) is 3.14. The van der Waals surface area contributed by atoms with Crippen LogP contribution in [0, 0.1) is 12.7 Å². The summed E-state index contributed by atoms with van der Waals surface area (Å²) in [6, 6.07) is 11.0. The van der Waals surface area contributed by atoms with Gasteiger partial charge < -0.3 is 5.32 Å². The maximum atomic E-state index is 13.1. The highest BCUT2D eigenvalue weighted by Gasteiger charge is 2.10. The smallest absolute Gasteiger partial charge is 0.255 e. The highest BCUT2D eigenvalue weighted by atomic mass is 32.2. The molecule has 0 spiro atoms. The summed E-state index contributed by atoms with van der Waals surface area (Å²) >= 11 is 0. The van der Waals surface area contributed by atoms with Crippen molar-refractivity contribution in [3.63, 3.8) is 0 Å². The lowest BCUT2D eigenvalue weighted by Crippen LogP contribution is -2.13. The molecule has 0 bridgehead atoms. The molecule has 110 valence electrons. The normalized spacial score (nSPS) is 12.0. The molecule has 0 aromatic heterocycles. The lowest BCUT2D eigenvalue weighted by molar-refractivity contribution is 0.102. The lowest BCUT2D eigenvalue weighted by atomic mass is 10.1. The van der Waals surface area contributed by atoms with E-state index < -0.39 is 16.6 Å². The SMILES string of the molecule is Cc1c(CS(C)=O)cccc1NC(=O)c1cccc(F)c1. The third kappa shape index (κ3) is 3.98. The van der Waals surface area contributed by atoms with E-state index in [4.69, 9.17) is 0 Å². The number of anilines is 1. The Bertz CT molecular complexity index is 700. The van der Waals surface area contributed by atoms with Gasteiger partial charge in [-0.15, -0.1) is 0 Å². The summed E-state index contributed by atoms with van der Waals surface area (Å²) in [5.74, 6) is -0.378. The van der Waals surface area contributed by atoms with E-state index in [2.05, 4.69) is 5.32 Å². The van der Waals surface area contributed by atoms with Crippen molar-refractivity contribution >= 4 is 22.4 Å². The van der Waals surface area contributed by atoms with Crippen LogP contribution in [0.2, 0.25) is 0 Å². The Hall–Kier alpha value is -2.01. The van der Waals surface area contributed by atoms with Gasteiger partial charge in [0, 0.05) is 34.1 Å². The molecule has 0 heterocycles. The first kappa shape index (κ1) is 15.4. The van der Waals surface area contributed by atoms with Crippen molar-refractivity contribution in [1.82, 2.24) is 0 Å². The van der Waals surface area contributed by atoms with Crippen molar-refractivity contribution in [3.05, 3.63) is 65.0 Å². The second-order valence-electron chi connectivity index (χ2n) is 4.77. The van der Waals surface area contributed by atoms with Gasteiger partial charge in [0.2, 0.25) is 0 Å². The molecule has 2 aromatic carbocycles. The summed E-state index contributed by atoms with van der Waals surface area (Å²) in [7, 11) is -0.949. The predicted molar refractivity (Wildman–Crippen MR) is 83.3 cm³/mol. The minimum absolute atomic E-state index is 0.263. The highest BCUT2D eigenvalue weighted by molar-refractivity contribution is 7.83. The Morgan fingerprint density at radius 3 is 2.62 bits per heavy atom. The van der Waals surface area contributed by atoms with Gasteiger partial charge in [0.25, 0.3) is 5.91 Å². The van der Waals surface area contributed by atoms with E-state index in [1.165, 1.54) is 18.2 Å². The molecule has 3 nitrogen and oxygen atoms in total. The molecule has 0 aliphatic carbocycles. The fourth-order valence-corrected chi connectivity index (χ4v) is 2.77. The third-order valence-corrected chi connectivity index (χ3v) is 3.86. The number of carbonyl (C=O) groups is 1. The molecule has 0 saturated carbocycles. The number of benzene rings is 2. The Morgan fingerprint density at radius 1 is 1.24 bits per heavy atom. The number of rotatable bonds is 4. The van der Waals surface area contributed by atoms with Crippen LogP contribution in [-0.4, -0.2) is 16.4 Å². The number of hydrogen-bond acceptors (Lipinski definition) is 2. The summed E-state index contributed by atoms with van der Waals surface area (Å²) in [5.41, 5.74) is 2.71. The van der Waals surface area contributed by atoms with Crippen LogP contribution >= 0.6 is 0 Å². The molecule has 0 radical (unpaired) electrons.